The third-order valence-corrected chi connectivity index (χ3v) is 2.18. The largest absolute Gasteiger partial charge is 0.420 e. The standard InChI is InChI=1S/C8H9FNO5P/c1-5(9)6-2-3-8(15-16(13)14)7(4-6)10(11)12/h2-5,13-14H,1H3. The van der Waals surface area contributed by atoms with E-state index in [1.807, 2.05) is 0 Å². The predicted molar refractivity (Wildman–Crippen MR) is 54.6 cm³/mol. The molecule has 0 aliphatic heterocycles. The predicted octanol–water partition coefficient (Wildman–Crippen LogP) is 2.22. The van der Waals surface area contributed by atoms with E-state index in [4.69, 9.17) is 9.79 Å². The first-order valence-corrected chi connectivity index (χ1v) is 5.36. The Balaban J connectivity index is 3.14. The monoisotopic (exact) mass is 249 g/mol. The number of benzene rings is 1. The number of nitro groups is 1. The number of nitro benzene ring substituents is 1. The van der Waals surface area contributed by atoms with Gasteiger partial charge in [0.25, 0.3) is 0 Å². The third kappa shape index (κ3) is 3.10. The van der Waals surface area contributed by atoms with E-state index in [0.717, 1.165) is 12.1 Å². The summed E-state index contributed by atoms with van der Waals surface area (Å²) in [7, 11) is -2.74. The van der Waals surface area contributed by atoms with E-state index >= 15 is 0 Å². The van der Waals surface area contributed by atoms with Gasteiger partial charge in [-0.2, -0.15) is 0 Å². The number of hydrogen-bond acceptors (Lipinski definition) is 5. The van der Waals surface area contributed by atoms with Gasteiger partial charge in [0.1, 0.15) is 6.17 Å². The van der Waals surface area contributed by atoms with Crippen molar-refractivity contribution in [1.29, 1.82) is 0 Å². The molecule has 1 atom stereocenters. The van der Waals surface area contributed by atoms with Gasteiger partial charge in [-0.1, -0.05) is 6.07 Å². The first kappa shape index (κ1) is 12.8. The van der Waals surface area contributed by atoms with Crippen molar-refractivity contribution in [3.05, 3.63) is 33.9 Å². The molecule has 0 amide bonds. The van der Waals surface area contributed by atoms with Crippen molar-refractivity contribution >= 4 is 14.3 Å². The van der Waals surface area contributed by atoms with Crippen molar-refractivity contribution in [2.24, 2.45) is 0 Å². The van der Waals surface area contributed by atoms with Crippen LogP contribution in [0.5, 0.6) is 5.75 Å². The first-order valence-electron chi connectivity index (χ1n) is 4.20. The van der Waals surface area contributed by atoms with Crippen LogP contribution < -0.4 is 4.52 Å². The van der Waals surface area contributed by atoms with E-state index < -0.39 is 25.4 Å². The van der Waals surface area contributed by atoms with Gasteiger partial charge in [-0.05, 0) is 18.6 Å². The molecule has 2 N–H and O–H groups in total. The fraction of sp³-hybridized carbons (Fsp3) is 0.250. The van der Waals surface area contributed by atoms with E-state index in [2.05, 4.69) is 4.52 Å². The maximum Gasteiger partial charge on any atom is 0.391 e. The molecule has 1 aromatic rings. The Hall–Kier alpha value is -1.30. The molecule has 16 heavy (non-hydrogen) atoms. The van der Waals surface area contributed by atoms with E-state index in [9.17, 15) is 14.5 Å². The minimum absolute atomic E-state index is 0.124. The lowest BCUT2D eigenvalue weighted by Crippen LogP contribution is -1.96. The maximum absolute atomic E-state index is 12.9. The summed E-state index contributed by atoms with van der Waals surface area (Å²) in [4.78, 5) is 27.0. The van der Waals surface area contributed by atoms with Gasteiger partial charge in [0, 0.05) is 6.07 Å². The van der Waals surface area contributed by atoms with Crippen molar-refractivity contribution < 1.29 is 23.6 Å². The van der Waals surface area contributed by atoms with Gasteiger partial charge in [-0.15, -0.1) is 0 Å². The van der Waals surface area contributed by atoms with Crippen LogP contribution in [0.25, 0.3) is 0 Å². The quantitative estimate of drug-likeness (QED) is 0.484. The Labute approximate surface area is 91.4 Å². The molecule has 0 aromatic heterocycles. The number of halogens is 1. The molecular weight excluding hydrogens is 240 g/mol. The highest BCUT2D eigenvalue weighted by Crippen LogP contribution is 2.37. The molecule has 0 fully saturated rings. The smallest absolute Gasteiger partial charge is 0.391 e. The molecule has 0 spiro atoms. The zero-order valence-corrected chi connectivity index (χ0v) is 9.10. The summed E-state index contributed by atoms with van der Waals surface area (Å²) in [6, 6.07) is 3.41. The van der Waals surface area contributed by atoms with Gasteiger partial charge >= 0.3 is 14.3 Å². The van der Waals surface area contributed by atoms with Crippen molar-refractivity contribution in [3.63, 3.8) is 0 Å². The Bertz CT molecular complexity index is 398. The average molecular weight is 249 g/mol. The normalized spacial score (nSPS) is 12.6. The lowest BCUT2D eigenvalue weighted by Gasteiger charge is -2.08. The molecule has 0 bridgehead atoms. The minimum Gasteiger partial charge on any atom is -0.420 e. The van der Waals surface area contributed by atoms with Gasteiger partial charge in [0.05, 0.1) is 4.92 Å². The molecular formula is C8H9FNO5P. The maximum atomic E-state index is 12.9. The van der Waals surface area contributed by atoms with Crippen molar-refractivity contribution in [2.75, 3.05) is 0 Å². The zero-order chi connectivity index (χ0) is 12.3. The second kappa shape index (κ2) is 5.16. The second-order valence-corrected chi connectivity index (χ2v) is 3.63. The van der Waals surface area contributed by atoms with Crippen LogP contribution in [0, 0.1) is 10.1 Å². The van der Waals surface area contributed by atoms with Crippen LogP contribution in [0.3, 0.4) is 0 Å². The lowest BCUT2D eigenvalue weighted by atomic mass is 10.1. The Morgan fingerprint density at radius 2 is 2.19 bits per heavy atom. The average Bonchev–Trinajstić information content (AvgIpc) is 2.16. The lowest BCUT2D eigenvalue weighted by molar-refractivity contribution is -0.385. The third-order valence-electron chi connectivity index (χ3n) is 1.82. The Morgan fingerprint density at radius 3 is 2.62 bits per heavy atom. The fourth-order valence-corrected chi connectivity index (χ4v) is 1.42. The van der Waals surface area contributed by atoms with E-state index in [-0.39, 0.29) is 11.3 Å². The molecule has 1 unspecified atom stereocenters. The van der Waals surface area contributed by atoms with Crippen molar-refractivity contribution in [1.82, 2.24) is 0 Å². The minimum atomic E-state index is -2.74. The van der Waals surface area contributed by atoms with Gasteiger partial charge in [0.15, 0.2) is 0 Å². The summed E-state index contributed by atoms with van der Waals surface area (Å²) < 4.78 is 17.4. The Kier molecular flexibility index (Phi) is 4.12. The SMILES string of the molecule is CC(F)c1ccc(OP(O)O)c([N+](=O)[O-])c1. The van der Waals surface area contributed by atoms with E-state index in [1.165, 1.54) is 13.0 Å². The highest BCUT2D eigenvalue weighted by molar-refractivity contribution is 7.39. The van der Waals surface area contributed by atoms with Gasteiger partial charge < -0.3 is 14.3 Å². The highest BCUT2D eigenvalue weighted by atomic mass is 31.2. The van der Waals surface area contributed by atoms with Crippen LogP contribution >= 0.6 is 8.60 Å². The molecule has 0 saturated carbocycles. The van der Waals surface area contributed by atoms with Crippen LogP contribution in [-0.4, -0.2) is 14.7 Å². The van der Waals surface area contributed by atoms with Gasteiger partial charge in [0.2, 0.25) is 5.75 Å². The molecule has 6 nitrogen and oxygen atoms in total. The summed E-state index contributed by atoms with van der Waals surface area (Å²) in [6.07, 6.45) is -1.35. The van der Waals surface area contributed by atoms with Gasteiger partial charge in [-0.25, -0.2) is 4.39 Å². The van der Waals surface area contributed by atoms with E-state index in [0.29, 0.717) is 0 Å². The van der Waals surface area contributed by atoms with Crippen LogP contribution in [-0.2, 0) is 0 Å². The molecule has 1 rings (SSSR count). The number of rotatable bonds is 4. The number of hydrogen-bond donors (Lipinski definition) is 2. The summed E-state index contributed by atoms with van der Waals surface area (Å²) in [6.45, 7) is 1.24. The number of alkyl halides is 1. The summed E-state index contributed by atoms with van der Waals surface area (Å²) in [5.74, 6) is -0.300. The molecule has 88 valence electrons. The molecule has 1 aromatic carbocycles. The first-order chi connectivity index (χ1) is 7.41. The molecule has 0 aliphatic rings. The fourth-order valence-electron chi connectivity index (χ4n) is 1.09. The van der Waals surface area contributed by atoms with Gasteiger partial charge in [-0.3, -0.25) is 10.1 Å². The molecule has 0 saturated heterocycles. The summed E-state index contributed by atoms with van der Waals surface area (Å²) >= 11 is 0. The topological polar surface area (TPSA) is 92.8 Å². The summed E-state index contributed by atoms with van der Waals surface area (Å²) in [5.41, 5.74) is -0.378. The van der Waals surface area contributed by atoms with Crippen LogP contribution in [0.15, 0.2) is 18.2 Å². The van der Waals surface area contributed by atoms with Crippen LogP contribution in [0.1, 0.15) is 18.7 Å². The highest BCUT2D eigenvalue weighted by Gasteiger charge is 2.20. The number of nitrogens with zero attached hydrogens (tertiary/aromatic N) is 1. The van der Waals surface area contributed by atoms with E-state index in [1.54, 1.807) is 0 Å². The zero-order valence-electron chi connectivity index (χ0n) is 8.20. The molecule has 0 radical (unpaired) electrons. The second-order valence-electron chi connectivity index (χ2n) is 2.94. The summed E-state index contributed by atoms with van der Waals surface area (Å²) in [5, 5.41) is 10.6. The Morgan fingerprint density at radius 1 is 1.56 bits per heavy atom. The molecule has 0 aliphatic carbocycles. The van der Waals surface area contributed by atoms with Crippen molar-refractivity contribution in [3.8, 4) is 5.75 Å². The van der Waals surface area contributed by atoms with Crippen LogP contribution in [0.2, 0.25) is 0 Å². The van der Waals surface area contributed by atoms with Crippen LogP contribution in [0.4, 0.5) is 10.1 Å². The molecule has 0 heterocycles. The molecule has 8 heteroatoms. The van der Waals surface area contributed by atoms with Crippen molar-refractivity contribution in [2.45, 2.75) is 13.1 Å².